The van der Waals surface area contributed by atoms with E-state index in [1.54, 1.807) is 0 Å². The predicted octanol–water partition coefficient (Wildman–Crippen LogP) is 3.61. The second kappa shape index (κ2) is 10.7. The van der Waals surface area contributed by atoms with Crippen molar-refractivity contribution in [2.75, 3.05) is 26.2 Å². The van der Waals surface area contributed by atoms with Crippen LogP contribution in [0.1, 0.15) is 64.5 Å². The second-order valence-electron chi connectivity index (χ2n) is 9.56. The molecule has 2 fully saturated rings. The first-order valence-electron chi connectivity index (χ1n) is 11.5. The average molecular weight is 387 g/mol. The van der Waals surface area contributed by atoms with Gasteiger partial charge in [-0.1, -0.05) is 52.0 Å². The van der Waals surface area contributed by atoms with Crippen LogP contribution < -0.4 is 10.6 Å². The Morgan fingerprint density at radius 1 is 0.679 bits per heavy atom. The van der Waals surface area contributed by atoms with Gasteiger partial charge in [-0.25, -0.2) is 0 Å². The van der Waals surface area contributed by atoms with E-state index in [9.17, 15) is 0 Å². The fraction of sp³-hybridized carbons (Fsp3) is 0.750. The fourth-order valence-electron chi connectivity index (χ4n) is 4.72. The zero-order valence-electron chi connectivity index (χ0n) is 18.6. The molecule has 0 spiro atoms. The highest BCUT2D eigenvalue weighted by atomic mass is 15.1. The monoisotopic (exact) mass is 386 g/mol. The smallest absolute Gasteiger partial charge is 0.0233 e. The van der Waals surface area contributed by atoms with E-state index in [0.29, 0.717) is 24.2 Å². The van der Waals surface area contributed by atoms with Crippen LogP contribution in [0.5, 0.6) is 0 Å². The van der Waals surface area contributed by atoms with Gasteiger partial charge in [0.25, 0.3) is 0 Å². The zero-order chi connectivity index (χ0) is 19.9. The van der Waals surface area contributed by atoms with E-state index >= 15 is 0 Å². The first-order chi connectivity index (χ1) is 13.5. The third-order valence-electron chi connectivity index (χ3n) is 6.15. The first-order valence-corrected chi connectivity index (χ1v) is 11.5. The number of likely N-dealkylation sites (tertiary alicyclic amines) is 2. The van der Waals surface area contributed by atoms with Crippen LogP contribution in [-0.4, -0.2) is 60.1 Å². The zero-order valence-corrected chi connectivity index (χ0v) is 18.6. The van der Waals surface area contributed by atoms with Crippen LogP contribution in [0.2, 0.25) is 0 Å². The summed E-state index contributed by atoms with van der Waals surface area (Å²) in [4.78, 5) is 5.22. The van der Waals surface area contributed by atoms with Crippen molar-refractivity contribution in [1.29, 1.82) is 0 Å². The maximum atomic E-state index is 3.69. The number of nitrogens with zero attached hydrogens (tertiary/aromatic N) is 2. The molecular weight excluding hydrogens is 344 g/mol. The minimum atomic E-state index is 0.598. The van der Waals surface area contributed by atoms with Gasteiger partial charge in [-0.2, -0.15) is 0 Å². The van der Waals surface area contributed by atoms with Gasteiger partial charge < -0.3 is 10.6 Å². The quantitative estimate of drug-likeness (QED) is 0.714. The Bertz CT molecular complexity index is 501. The number of piperidine rings is 2. The third-order valence-corrected chi connectivity index (χ3v) is 6.15. The Balaban J connectivity index is 1.39. The maximum absolute atomic E-state index is 3.69. The normalized spacial score (nSPS) is 21.1. The van der Waals surface area contributed by atoms with Crippen LogP contribution in [0.3, 0.4) is 0 Å². The molecule has 4 nitrogen and oxygen atoms in total. The van der Waals surface area contributed by atoms with Crippen molar-refractivity contribution in [2.45, 2.75) is 90.6 Å². The van der Waals surface area contributed by atoms with Crippen molar-refractivity contribution in [3.63, 3.8) is 0 Å². The summed E-state index contributed by atoms with van der Waals surface area (Å²) < 4.78 is 0. The highest BCUT2D eigenvalue weighted by molar-refractivity contribution is 5.22. The molecule has 2 aliphatic heterocycles. The number of hydrogen-bond acceptors (Lipinski definition) is 4. The van der Waals surface area contributed by atoms with Crippen molar-refractivity contribution < 1.29 is 0 Å². The van der Waals surface area contributed by atoms with Gasteiger partial charge in [-0.15, -0.1) is 0 Å². The third kappa shape index (κ3) is 7.14. The summed E-state index contributed by atoms with van der Waals surface area (Å²) in [5.41, 5.74) is 2.91. The van der Waals surface area contributed by atoms with Gasteiger partial charge >= 0.3 is 0 Å². The van der Waals surface area contributed by atoms with Gasteiger partial charge in [0.05, 0.1) is 0 Å². The van der Waals surface area contributed by atoms with E-state index in [2.05, 4.69) is 72.4 Å². The lowest BCUT2D eigenvalue weighted by molar-refractivity contribution is 0.185. The summed E-state index contributed by atoms with van der Waals surface area (Å²) >= 11 is 0. The number of hydrogen-bond donors (Lipinski definition) is 2. The molecule has 0 unspecified atom stereocenters. The van der Waals surface area contributed by atoms with Crippen LogP contribution in [-0.2, 0) is 13.1 Å². The first kappa shape index (κ1) is 21.8. The van der Waals surface area contributed by atoms with Gasteiger partial charge in [0.1, 0.15) is 0 Å². The Labute approximate surface area is 173 Å². The van der Waals surface area contributed by atoms with Crippen LogP contribution in [0.4, 0.5) is 0 Å². The summed E-state index contributed by atoms with van der Waals surface area (Å²) in [5, 5.41) is 7.38. The van der Waals surface area contributed by atoms with E-state index in [1.165, 1.54) is 63.0 Å². The van der Waals surface area contributed by atoms with Crippen molar-refractivity contribution >= 4 is 0 Å². The molecule has 1 aromatic carbocycles. The maximum Gasteiger partial charge on any atom is 0.0233 e. The Kier molecular flexibility index (Phi) is 8.34. The number of nitrogens with one attached hydrogen (secondary N) is 2. The molecular formula is C24H42N4. The molecule has 2 aliphatic rings. The molecule has 2 heterocycles. The van der Waals surface area contributed by atoms with E-state index in [-0.39, 0.29) is 0 Å². The average Bonchev–Trinajstić information content (AvgIpc) is 2.66. The Morgan fingerprint density at radius 2 is 1.00 bits per heavy atom. The SMILES string of the molecule is CC(C)NC1CCN(Cc2ccc(CN3CCC(NC(C)C)CC3)cc2)CC1. The summed E-state index contributed by atoms with van der Waals surface area (Å²) in [5.74, 6) is 0. The Hall–Kier alpha value is -0.940. The van der Waals surface area contributed by atoms with E-state index in [0.717, 1.165) is 13.1 Å². The van der Waals surface area contributed by atoms with Crippen molar-refractivity contribution in [1.82, 2.24) is 20.4 Å². The highest BCUT2D eigenvalue weighted by Gasteiger charge is 2.20. The Morgan fingerprint density at radius 3 is 1.29 bits per heavy atom. The van der Waals surface area contributed by atoms with Gasteiger partial charge in [-0.3, -0.25) is 9.80 Å². The number of benzene rings is 1. The molecule has 0 aromatic heterocycles. The van der Waals surface area contributed by atoms with Crippen LogP contribution in [0.25, 0.3) is 0 Å². The van der Waals surface area contributed by atoms with E-state index < -0.39 is 0 Å². The van der Waals surface area contributed by atoms with Gasteiger partial charge in [0.15, 0.2) is 0 Å². The molecule has 3 rings (SSSR count). The topological polar surface area (TPSA) is 30.5 Å². The van der Waals surface area contributed by atoms with Gasteiger partial charge in [0.2, 0.25) is 0 Å². The molecule has 0 saturated carbocycles. The lowest BCUT2D eigenvalue weighted by atomic mass is 10.0. The molecule has 0 radical (unpaired) electrons. The summed E-state index contributed by atoms with van der Waals surface area (Å²) in [6.45, 7) is 16.0. The summed E-state index contributed by atoms with van der Waals surface area (Å²) in [6.07, 6.45) is 5.10. The molecule has 4 heteroatoms. The van der Waals surface area contributed by atoms with E-state index in [4.69, 9.17) is 0 Å². The van der Waals surface area contributed by atoms with Crippen molar-refractivity contribution in [3.8, 4) is 0 Å². The fourth-order valence-corrected chi connectivity index (χ4v) is 4.72. The van der Waals surface area contributed by atoms with Crippen LogP contribution in [0.15, 0.2) is 24.3 Å². The molecule has 0 atom stereocenters. The summed E-state index contributed by atoms with van der Waals surface area (Å²) in [7, 11) is 0. The molecule has 2 saturated heterocycles. The largest absolute Gasteiger partial charge is 0.312 e. The molecule has 1 aromatic rings. The molecule has 0 amide bonds. The van der Waals surface area contributed by atoms with Crippen LogP contribution >= 0.6 is 0 Å². The molecule has 28 heavy (non-hydrogen) atoms. The highest BCUT2D eigenvalue weighted by Crippen LogP contribution is 2.17. The van der Waals surface area contributed by atoms with Crippen molar-refractivity contribution in [2.24, 2.45) is 0 Å². The predicted molar refractivity (Wildman–Crippen MR) is 120 cm³/mol. The van der Waals surface area contributed by atoms with Crippen LogP contribution in [0, 0.1) is 0 Å². The van der Waals surface area contributed by atoms with Gasteiger partial charge in [0, 0.05) is 37.3 Å². The molecule has 2 N–H and O–H groups in total. The lowest BCUT2D eigenvalue weighted by Gasteiger charge is -2.34. The number of rotatable bonds is 8. The second-order valence-corrected chi connectivity index (χ2v) is 9.56. The minimum Gasteiger partial charge on any atom is -0.312 e. The van der Waals surface area contributed by atoms with Crippen molar-refractivity contribution in [3.05, 3.63) is 35.4 Å². The molecule has 0 aliphatic carbocycles. The molecule has 0 bridgehead atoms. The van der Waals surface area contributed by atoms with Gasteiger partial charge in [-0.05, 0) is 63.0 Å². The standard InChI is InChI=1S/C24H42N4/c1-19(2)25-23-9-13-27(14-10-23)17-21-5-7-22(8-6-21)18-28-15-11-24(12-16-28)26-20(3)4/h5-8,19-20,23-26H,9-18H2,1-4H3. The summed E-state index contributed by atoms with van der Waals surface area (Å²) in [6, 6.07) is 12.0. The minimum absolute atomic E-state index is 0.598. The molecule has 158 valence electrons. The lowest BCUT2D eigenvalue weighted by Crippen LogP contribution is -2.44. The van der Waals surface area contributed by atoms with E-state index in [1.807, 2.05) is 0 Å².